The molecule has 1 fully saturated rings. The molecule has 1 saturated heterocycles. The topological polar surface area (TPSA) is 87.5 Å². The molecule has 1 heterocycles. The largest absolute Gasteiger partial charge is 0.369 e. The lowest BCUT2D eigenvalue weighted by Gasteiger charge is -2.33. The third-order valence-electron chi connectivity index (χ3n) is 3.52. The molecule has 2 amide bonds. The molecule has 1 atom stereocenters. The first-order valence-electron chi connectivity index (χ1n) is 7.31. The Morgan fingerprint density at radius 3 is 2.95 bits per heavy atom. The molecular formula is C15H22N4O2S. The summed E-state index contributed by atoms with van der Waals surface area (Å²) in [5.41, 5.74) is 5.89. The van der Waals surface area contributed by atoms with E-state index in [0.29, 0.717) is 12.6 Å². The van der Waals surface area contributed by atoms with Gasteiger partial charge < -0.3 is 16.4 Å². The van der Waals surface area contributed by atoms with Gasteiger partial charge in [0.15, 0.2) is 0 Å². The SMILES string of the molecule is C[C@H]1CNCCN1CC(=O)Nc1ccccc1SCC(N)=O. The number of para-hydroxylation sites is 1. The second-order valence-corrected chi connectivity index (χ2v) is 6.34. The Hall–Kier alpha value is -1.57. The Morgan fingerprint density at radius 1 is 1.45 bits per heavy atom. The zero-order valence-corrected chi connectivity index (χ0v) is 13.5. The number of nitrogens with one attached hydrogen (secondary N) is 2. The number of nitrogens with two attached hydrogens (primary N) is 1. The van der Waals surface area contributed by atoms with E-state index in [1.807, 2.05) is 24.3 Å². The first-order valence-corrected chi connectivity index (χ1v) is 8.29. The molecule has 1 aromatic rings. The summed E-state index contributed by atoms with van der Waals surface area (Å²) in [7, 11) is 0. The Labute approximate surface area is 134 Å². The van der Waals surface area contributed by atoms with Gasteiger partial charge in [0, 0.05) is 30.6 Å². The number of anilines is 1. The molecule has 0 unspecified atom stereocenters. The number of primary amides is 1. The van der Waals surface area contributed by atoms with Gasteiger partial charge in [0.1, 0.15) is 0 Å². The van der Waals surface area contributed by atoms with E-state index in [-0.39, 0.29) is 17.6 Å². The number of carbonyl (C=O) groups is 2. The van der Waals surface area contributed by atoms with E-state index in [1.54, 1.807) is 0 Å². The van der Waals surface area contributed by atoms with Crippen LogP contribution in [0.1, 0.15) is 6.92 Å². The monoisotopic (exact) mass is 322 g/mol. The molecule has 0 aliphatic carbocycles. The molecular weight excluding hydrogens is 300 g/mol. The van der Waals surface area contributed by atoms with Crippen LogP contribution in [0.3, 0.4) is 0 Å². The van der Waals surface area contributed by atoms with Crippen LogP contribution in [0.4, 0.5) is 5.69 Å². The van der Waals surface area contributed by atoms with Gasteiger partial charge >= 0.3 is 0 Å². The minimum absolute atomic E-state index is 0.0409. The number of hydrogen-bond donors (Lipinski definition) is 3. The van der Waals surface area contributed by atoms with Gasteiger partial charge in [0.2, 0.25) is 11.8 Å². The van der Waals surface area contributed by atoms with Gasteiger partial charge in [0.05, 0.1) is 18.0 Å². The summed E-state index contributed by atoms with van der Waals surface area (Å²) in [5, 5.41) is 6.23. The fourth-order valence-corrected chi connectivity index (χ4v) is 3.08. The van der Waals surface area contributed by atoms with Gasteiger partial charge in [-0.05, 0) is 19.1 Å². The normalized spacial score (nSPS) is 18.9. The number of rotatable bonds is 6. The molecule has 1 aliphatic rings. The maximum Gasteiger partial charge on any atom is 0.238 e. The van der Waals surface area contributed by atoms with Gasteiger partial charge in [-0.3, -0.25) is 14.5 Å². The first-order chi connectivity index (χ1) is 10.6. The van der Waals surface area contributed by atoms with Crippen molar-refractivity contribution in [3.63, 3.8) is 0 Å². The van der Waals surface area contributed by atoms with Gasteiger partial charge in [-0.25, -0.2) is 0 Å². The van der Waals surface area contributed by atoms with Crippen molar-refractivity contribution in [3.05, 3.63) is 24.3 Å². The molecule has 6 nitrogen and oxygen atoms in total. The Balaban J connectivity index is 1.94. The van der Waals surface area contributed by atoms with Crippen LogP contribution in [-0.2, 0) is 9.59 Å². The highest BCUT2D eigenvalue weighted by Gasteiger charge is 2.20. The van der Waals surface area contributed by atoms with Crippen molar-refractivity contribution in [2.45, 2.75) is 17.9 Å². The smallest absolute Gasteiger partial charge is 0.238 e. The van der Waals surface area contributed by atoms with Crippen LogP contribution < -0.4 is 16.4 Å². The number of benzene rings is 1. The minimum Gasteiger partial charge on any atom is -0.369 e. The van der Waals surface area contributed by atoms with Crippen LogP contribution in [0.2, 0.25) is 0 Å². The quantitative estimate of drug-likeness (QED) is 0.664. The lowest BCUT2D eigenvalue weighted by atomic mass is 10.2. The summed E-state index contributed by atoms with van der Waals surface area (Å²) < 4.78 is 0. The highest BCUT2D eigenvalue weighted by atomic mass is 32.2. The van der Waals surface area contributed by atoms with Crippen LogP contribution in [0.25, 0.3) is 0 Å². The Bertz CT molecular complexity index is 538. The first kappa shape index (κ1) is 16.8. The minimum atomic E-state index is -0.374. The van der Waals surface area contributed by atoms with Crippen molar-refractivity contribution in [1.29, 1.82) is 0 Å². The van der Waals surface area contributed by atoms with Gasteiger partial charge in [-0.15, -0.1) is 11.8 Å². The number of nitrogens with zero attached hydrogens (tertiary/aromatic N) is 1. The van der Waals surface area contributed by atoms with Gasteiger partial charge in [0.25, 0.3) is 0 Å². The Morgan fingerprint density at radius 2 is 2.23 bits per heavy atom. The van der Waals surface area contributed by atoms with Crippen LogP contribution in [0, 0.1) is 0 Å². The molecule has 0 radical (unpaired) electrons. The van der Waals surface area contributed by atoms with E-state index < -0.39 is 0 Å². The summed E-state index contributed by atoms with van der Waals surface area (Å²) in [4.78, 5) is 26.2. The lowest BCUT2D eigenvalue weighted by molar-refractivity contribution is -0.118. The zero-order valence-electron chi connectivity index (χ0n) is 12.7. The molecule has 0 aromatic heterocycles. The highest BCUT2D eigenvalue weighted by molar-refractivity contribution is 8.00. The van der Waals surface area contributed by atoms with E-state index in [4.69, 9.17) is 5.73 Å². The molecule has 0 spiro atoms. The number of piperazine rings is 1. The van der Waals surface area contributed by atoms with Crippen LogP contribution in [0.15, 0.2) is 29.2 Å². The average molecular weight is 322 g/mol. The van der Waals surface area contributed by atoms with E-state index in [2.05, 4.69) is 22.5 Å². The molecule has 0 saturated carbocycles. The van der Waals surface area contributed by atoms with E-state index in [0.717, 1.165) is 30.2 Å². The summed E-state index contributed by atoms with van der Waals surface area (Å²) in [6.45, 7) is 5.15. The van der Waals surface area contributed by atoms with Crippen molar-refractivity contribution in [3.8, 4) is 0 Å². The maximum atomic E-state index is 12.2. The van der Waals surface area contributed by atoms with E-state index in [1.165, 1.54) is 11.8 Å². The van der Waals surface area contributed by atoms with Crippen LogP contribution in [-0.4, -0.2) is 54.7 Å². The number of hydrogen-bond acceptors (Lipinski definition) is 5. The number of carbonyl (C=O) groups excluding carboxylic acids is 2. The summed E-state index contributed by atoms with van der Waals surface area (Å²) in [6.07, 6.45) is 0. The van der Waals surface area contributed by atoms with Crippen molar-refractivity contribution in [1.82, 2.24) is 10.2 Å². The predicted molar refractivity (Wildman–Crippen MR) is 88.9 cm³/mol. The molecule has 1 aromatic carbocycles. The second kappa shape index (κ2) is 8.17. The molecule has 1 aliphatic heterocycles. The predicted octanol–water partition coefficient (Wildman–Crippen LogP) is 0.496. The maximum absolute atomic E-state index is 12.2. The molecule has 2 rings (SSSR count). The highest BCUT2D eigenvalue weighted by Crippen LogP contribution is 2.26. The number of thioether (sulfide) groups is 1. The zero-order chi connectivity index (χ0) is 15.9. The molecule has 7 heteroatoms. The fraction of sp³-hybridized carbons (Fsp3) is 0.467. The molecule has 0 bridgehead atoms. The standard InChI is InChI=1S/C15H22N4O2S/c1-11-8-17-6-7-19(11)9-15(21)18-12-4-2-3-5-13(12)22-10-14(16)20/h2-5,11,17H,6-10H2,1H3,(H2,16,20)(H,18,21)/t11-/m0/s1. The van der Waals surface area contributed by atoms with Crippen molar-refractivity contribution < 1.29 is 9.59 Å². The van der Waals surface area contributed by atoms with Crippen LogP contribution in [0.5, 0.6) is 0 Å². The lowest BCUT2D eigenvalue weighted by Crippen LogP contribution is -2.52. The van der Waals surface area contributed by atoms with Gasteiger partial charge in [-0.2, -0.15) is 0 Å². The average Bonchev–Trinajstić information content (AvgIpc) is 2.48. The third-order valence-corrected chi connectivity index (χ3v) is 4.61. The number of amides is 2. The second-order valence-electron chi connectivity index (χ2n) is 5.32. The van der Waals surface area contributed by atoms with Gasteiger partial charge in [-0.1, -0.05) is 12.1 Å². The van der Waals surface area contributed by atoms with Crippen molar-refractivity contribution in [2.24, 2.45) is 5.73 Å². The molecule has 120 valence electrons. The third kappa shape index (κ3) is 5.01. The van der Waals surface area contributed by atoms with E-state index >= 15 is 0 Å². The van der Waals surface area contributed by atoms with E-state index in [9.17, 15) is 9.59 Å². The summed E-state index contributed by atoms with van der Waals surface area (Å²) >= 11 is 1.33. The van der Waals surface area contributed by atoms with Crippen molar-refractivity contribution in [2.75, 3.05) is 37.2 Å². The molecule has 4 N–H and O–H groups in total. The Kier molecular flexibility index (Phi) is 6.23. The fourth-order valence-electron chi connectivity index (χ4n) is 2.34. The van der Waals surface area contributed by atoms with Crippen LogP contribution >= 0.6 is 11.8 Å². The van der Waals surface area contributed by atoms with Crippen molar-refractivity contribution >= 4 is 29.3 Å². The summed E-state index contributed by atoms with van der Waals surface area (Å²) in [6, 6.07) is 7.78. The summed E-state index contributed by atoms with van der Waals surface area (Å²) in [5.74, 6) is -0.219. The molecule has 22 heavy (non-hydrogen) atoms.